The molecule has 1 aromatic heterocycles. The summed E-state index contributed by atoms with van der Waals surface area (Å²) in [6, 6.07) is 5.59. The average Bonchev–Trinajstić information content (AvgIpc) is 2.57. The first-order chi connectivity index (χ1) is 12.0. The molecule has 1 saturated heterocycles. The van der Waals surface area contributed by atoms with Crippen LogP contribution in [0.3, 0.4) is 0 Å². The van der Waals surface area contributed by atoms with Gasteiger partial charge in [-0.25, -0.2) is 10.00 Å². The number of amides is 1. The Hall–Kier alpha value is -1.73. The zero-order valence-corrected chi connectivity index (χ0v) is 16.0. The van der Waals surface area contributed by atoms with Gasteiger partial charge in [-0.3, -0.25) is 9.59 Å². The van der Waals surface area contributed by atoms with Crippen LogP contribution in [0.2, 0.25) is 0 Å². The van der Waals surface area contributed by atoms with Crippen molar-refractivity contribution in [2.45, 2.75) is 45.2 Å². The van der Waals surface area contributed by atoms with Gasteiger partial charge in [-0.15, -0.1) is 0 Å². The minimum absolute atomic E-state index is 0.0675. The summed E-state index contributed by atoms with van der Waals surface area (Å²) in [4.78, 5) is 25.1. The minimum atomic E-state index is -0.240. The van der Waals surface area contributed by atoms with E-state index in [2.05, 4.69) is 31.7 Å². The molecule has 3 rings (SSSR count). The molecular weight excluding hydrogens is 384 g/mol. The summed E-state index contributed by atoms with van der Waals surface area (Å²) in [5, 5.41) is 13.2. The van der Waals surface area contributed by atoms with E-state index in [-0.39, 0.29) is 30.0 Å². The molecule has 1 aromatic carbocycles. The lowest BCUT2D eigenvalue weighted by atomic mass is 10.0. The number of aromatic nitrogens is 2. The number of fused-ring (bicyclic) bond motifs is 1. The van der Waals surface area contributed by atoms with Crippen LogP contribution >= 0.6 is 15.9 Å². The lowest BCUT2D eigenvalue weighted by Crippen LogP contribution is -2.45. The van der Waals surface area contributed by atoms with E-state index in [1.165, 1.54) is 4.68 Å². The van der Waals surface area contributed by atoms with Gasteiger partial charge in [-0.2, -0.15) is 5.10 Å². The summed E-state index contributed by atoms with van der Waals surface area (Å²) in [6.07, 6.45) is 1.92. The molecule has 0 saturated carbocycles. The Kier molecular flexibility index (Phi) is 5.54. The van der Waals surface area contributed by atoms with Crippen molar-refractivity contribution in [3.8, 4) is 0 Å². The predicted octanol–water partition coefficient (Wildman–Crippen LogP) is 2.17. The van der Waals surface area contributed by atoms with E-state index >= 15 is 0 Å². The van der Waals surface area contributed by atoms with Crippen LogP contribution in [-0.4, -0.2) is 34.8 Å². The second-order valence-electron chi connectivity index (χ2n) is 6.73. The Labute approximate surface area is 155 Å². The van der Waals surface area contributed by atoms with Crippen molar-refractivity contribution in [1.82, 2.24) is 20.4 Å². The van der Waals surface area contributed by atoms with Crippen molar-refractivity contribution in [3.05, 3.63) is 38.7 Å². The van der Waals surface area contributed by atoms with Gasteiger partial charge in [-0.1, -0.05) is 29.8 Å². The number of halogens is 1. The van der Waals surface area contributed by atoms with Crippen LogP contribution in [0.4, 0.5) is 0 Å². The summed E-state index contributed by atoms with van der Waals surface area (Å²) in [6.45, 7) is 5.51. The standard InChI is InChI=1S/C18H22BrN4O2/c1-11(2)17-15-8-12(19)5-6-14(15)18(25)23(22-17)10-16(24)21-13-4-3-7-20-9-13/h5-6,8,11,13H,3-4,7,9-10H2,1-2H3,(H,21,24)/t13-/m1/s1. The average molecular weight is 406 g/mol. The topological polar surface area (TPSA) is 78.1 Å². The van der Waals surface area contributed by atoms with Gasteiger partial charge in [-0.05, 0) is 37.0 Å². The molecule has 1 N–H and O–H groups in total. The third-order valence-corrected chi connectivity index (χ3v) is 4.87. The van der Waals surface area contributed by atoms with Gasteiger partial charge < -0.3 is 5.32 Å². The molecule has 0 aliphatic carbocycles. The van der Waals surface area contributed by atoms with E-state index in [1.807, 2.05) is 26.0 Å². The summed E-state index contributed by atoms with van der Waals surface area (Å²) < 4.78 is 2.18. The Morgan fingerprint density at radius 3 is 2.88 bits per heavy atom. The molecule has 1 aliphatic rings. The fraction of sp³-hybridized carbons (Fsp3) is 0.500. The molecule has 1 radical (unpaired) electrons. The number of piperidine rings is 1. The molecule has 1 aliphatic heterocycles. The predicted molar refractivity (Wildman–Crippen MR) is 101 cm³/mol. The van der Waals surface area contributed by atoms with Crippen LogP contribution < -0.4 is 16.2 Å². The molecule has 1 atom stereocenters. The van der Waals surface area contributed by atoms with Crippen LogP contribution in [0.25, 0.3) is 10.8 Å². The zero-order chi connectivity index (χ0) is 18.0. The van der Waals surface area contributed by atoms with Crippen LogP contribution in [-0.2, 0) is 11.3 Å². The Morgan fingerprint density at radius 1 is 1.40 bits per heavy atom. The fourth-order valence-corrected chi connectivity index (χ4v) is 3.49. The van der Waals surface area contributed by atoms with E-state index in [0.717, 1.165) is 34.9 Å². The highest BCUT2D eigenvalue weighted by molar-refractivity contribution is 9.10. The summed E-state index contributed by atoms with van der Waals surface area (Å²) in [7, 11) is 0. The van der Waals surface area contributed by atoms with E-state index in [0.29, 0.717) is 11.9 Å². The maximum absolute atomic E-state index is 12.7. The molecule has 2 heterocycles. The Morgan fingerprint density at radius 2 is 2.20 bits per heavy atom. The van der Waals surface area contributed by atoms with Crippen molar-refractivity contribution in [3.63, 3.8) is 0 Å². The second kappa shape index (κ2) is 7.66. The first-order valence-corrected chi connectivity index (χ1v) is 9.38. The van der Waals surface area contributed by atoms with Gasteiger partial charge in [0.2, 0.25) is 5.91 Å². The van der Waals surface area contributed by atoms with Gasteiger partial charge in [0, 0.05) is 29.0 Å². The Bertz CT molecular complexity index is 841. The molecule has 7 heteroatoms. The lowest BCUT2D eigenvalue weighted by Gasteiger charge is -2.22. The molecule has 133 valence electrons. The van der Waals surface area contributed by atoms with Crippen LogP contribution in [0.15, 0.2) is 27.5 Å². The van der Waals surface area contributed by atoms with Crippen LogP contribution in [0.1, 0.15) is 38.3 Å². The Balaban J connectivity index is 1.90. The third-order valence-electron chi connectivity index (χ3n) is 4.37. The zero-order valence-electron chi connectivity index (χ0n) is 14.5. The molecule has 1 amide bonds. The van der Waals surface area contributed by atoms with Crippen molar-refractivity contribution in [2.24, 2.45) is 0 Å². The lowest BCUT2D eigenvalue weighted by molar-refractivity contribution is -0.122. The second-order valence-corrected chi connectivity index (χ2v) is 7.64. The van der Waals surface area contributed by atoms with Gasteiger partial charge in [0.15, 0.2) is 0 Å². The normalized spacial score (nSPS) is 17.8. The number of carbonyl (C=O) groups excluding carboxylic acids is 1. The van der Waals surface area contributed by atoms with Gasteiger partial charge >= 0.3 is 0 Å². The first kappa shape index (κ1) is 18.1. The summed E-state index contributed by atoms with van der Waals surface area (Å²) >= 11 is 3.44. The van der Waals surface area contributed by atoms with Crippen LogP contribution in [0.5, 0.6) is 0 Å². The molecule has 25 heavy (non-hydrogen) atoms. The van der Waals surface area contributed by atoms with Gasteiger partial charge in [0.1, 0.15) is 6.54 Å². The first-order valence-electron chi connectivity index (χ1n) is 8.58. The third kappa shape index (κ3) is 4.10. The SMILES string of the molecule is CC(C)c1nn(CC(=O)N[C@@H]2CCC[N]C2)c(=O)c2ccc(Br)cc12. The minimum Gasteiger partial charge on any atom is -0.350 e. The summed E-state index contributed by atoms with van der Waals surface area (Å²) in [5.74, 6) is -0.0493. The number of nitrogens with one attached hydrogen (secondary N) is 1. The highest BCUT2D eigenvalue weighted by Gasteiger charge is 2.19. The largest absolute Gasteiger partial charge is 0.350 e. The molecule has 1 fully saturated rings. The molecule has 6 nitrogen and oxygen atoms in total. The number of carbonyl (C=O) groups is 1. The highest BCUT2D eigenvalue weighted by Crippen LogP contribution is 2.24. The monoisotopic (exact) mass is 405 g/mol. The molecular formula is C18H22BrN4O2. The van der Waals surface area contributed by atoms with Crippen molar-refractivity contribution < 1.29 is 4.79 Å². The number of benzene rings is 1. The van der Waals surface area contributed by atoms with Crippen molar-refractivity contribution in [1.29, 1.82) is 0 Å². The highest BCUT2D eigenvalue weighted by atomic mass is 79.9. The van der Waals surface area contributed by atoms with E-state index in [9.17, 15) is 9.59 Å². The van der Waals surface area contributed by atoms with Gasteiger partial charge in [0.05, 0.1) is 11.1 Å². The van der Waals surface area contributed by atoms with Crippen molar-refractivity contribution >= 4 is 32.6 Å². The smallest absolute Gasteiger partial charge is 0.275 e. The fourth-order valence-electron chi connectivity index (χ4n) is 3.13. The maximum Gasteiger partial charge on any atom is 0.275 e. The number of rotatable bonds is 4. The van der Waals surface area contributed by atoms with Crippen molar-refractivity contribution in [2.75, 3.05) is 13.1 Å². The van der Waals surface area contributed by atoms with E-state index in [1.54, 1.807) is 6.07 Å². The molecule has 0 unspecified atom stereocenters. The van der Waals surface area contributed by atoms with Crippen LogP contribution in [0, 0.1) is 0 Å². The van der Waals surface area contributed by atoms with E-state index < -0.39 is 0 Å². The molecule has 0 spiro atoms. The van der Waals surface area contributed by atoms with Gasteiger partial charge in [0.25, 0.3) is 5.56 Å². The van der Waals surface area contributed by atoms with E-state index in [4.69, 9.17) is 0 Å². The molecule has 2 aromatic rings. The summed E-state index contributed by atoms with van der Waals surface area (Å²) in [5.41, 5.74) is 0.576. The number of hydrogen-bond donors (Lipinski definition) is 1. The number of nitrogens with zero attached hydrogens (tertiary/aromatic N) is 3. The number of hydrogen-bond acceptors (Lipinski definition) is 3. The quantitative estimate of drug-likeness (QED) is 0.846. The maximum atomic E-state index is 12.7. The molecule has 0 bridgehead atoms.